The lowest BCUT2D eigenvalue weighted by Crippen LogP contribution is -2.30. The van der Waals surface area contributed by atoms with Gasteiger partial charge in [0.25, 0.3) is 5.91 Å². The fourth-order valence-electron chi connectivity index (χ4n) is 1.91. The van der Waals surface area contributed by atoms with Crippen molar-refractivity contribution in [3.05, 3.63) is 47.4 Å². The van der Waals surface area contributed by atoms with E-state index in [-0.39, 0.29) is 6.61 Å². The molecular weight excluding hydrogens is 272 g/mol. The van der Waals surface area contributed by atoms with Crippen LogP contribution in [-0.4, -0.2) is 12.5 Å². The van der Waals surface area contributed by atoms with E-state index in [1.165, 1.54) is 0 Å². The smallest absolute Gasteiger partial charge is 0.268 e. The SMILES string of the molecule is CCOc1ccccc1OCc1cc(C(=O)NN)c(C)o1. The zero-order valence-corrected chi connectivity index (χ0v) is 12.0. The monoisotopic (exact) mass is 290 g/mol. The molecule has 0 aliphatic carbocycles. The minimum absolute atomic E-state index is 0.197. The van der Waals surface area contributed by atoms with Crippen LogP contribution in [0.1, 0.15) is 28.8 Å². The number of nitrogens with two attached hydrogens (primary N) is 1. The lowest BCUT2D eigenvalue weighted by molar-refractivity contribution is 0.0952. The molecule has 2 rings (SSSR count). The second-order valence-corrected chi connectivity index (χ2v) is 4.32. The largest absolute Gasteiger partial charge is 0.490 e. The van der Waals surface area contributed by atoms with Crippen LogP contribution >= 0.6 is 0 Å². The maximum absolute atomic E-state index is 11.5. The second-order valence-electron chi connectivity index (χ2n) is 4.32. The zero-order valence-electron chi connectivity index (χ0n) is 12.0. The van der Waals surface area contributed by atoms with Crippen molar-refractivity contribution in [1.82, 2.24) is 5.43 Å². The van der Waals surface area contributed by atoms with Gasteiger partial charge >= 0.3 is 0 Å². The first-order chi connectivity index (χ1) is 10.2. The molecule has 0 atom stereocenters. The van der Waals surface area contributed by atoms with Gasteiger partial charge in [0.15, 0.2) is 11.5 Å². The van der Waals surface area contributed by atoms with Crippen molar-refractivity contribution in [3.63, 3.8) is 0 Å². The number of nitrogens with one attached hydrogen (secondary N) is 1. The van der Waals surface area contributed by atoms with Crippen molar-refractivity contribution < 1.29 is 18.7 Å². The van der Waals surface area contributed by atoms with E-state index in [0.29, 0.717) is 35.2 Å². The third-order valence-corrected chi connectivity index (χ3v) is 2.86. The van der Waals surface area contributed by atoms with Crippen molar-refractivity contribution in [1.29, 1.82) is 0 Å². The maximum atomic E-state index is 11.5. The van der Waals surface area contributed by atoms with Crippen molar-refractivity contribution in [3.8, 4) is 11.5 Å². The lowest BCUT2D eigenvalue weighted by Gasteiger charge is -2.10. The molecule has 0 saturated carbocycles. The Morgan fingerprint density at radius 1 is 1.29 bits per heavy atom. The van der Waals surface area contributed by atoms with Crippen molar-refractivity contribution in [2.45, 2.75) is 20.5 Å². The summed E-state index contributed by atoms with van der Waals surface area (Å²) in [6.45, 7) is 4.36. The normalized spacial score (nSPS) is 10.2. The van der Waals surface area contributed by atoms with Crippen LogP contribution in [-0.2, 0) is 6.61 Å². The number of hydrogen-bond donors (Lipinski definition) is 2. The highest BCUT2D eigenvalue weighted by atomic mass is 16.5. The summed E-state index contributed by atoms with van der Waals surface area (Å²) in [7, 11) is 0. The third kappa shape index (κ3) is 3.55. The molecule has 6 heteroatoms. The van der Waals surface area contributed by atoms with Crippen molar-refractivity contribution >= 4 is 5.91 Å². The molecule has 0 bridgehead atoms. The number of nitrogen functional groups attached to an aromatic ring is 1. The molecule has 0 radical (unpaired) electrons. The van der Waals surface area contributed by atoms with Crippen LogP contribution in [0, 0.1) is 6.92 Å². The molecule has 1 aromatic carbocycles. The van der Waals surface area contributed by atoms with E-state index < -0.39 is 5.91 Å². The fourth-order valence-corrected chi connectivity index (χ4v) is 1.91. The van der Waals surface area contributed by atoms with Gasteiger partial charge in [0.05, 0.1) is 12.2 Å². The number of hydrogen-bond acceptors (Lipinski definition) is 5. The molecule has 3 N–H and O–H groups in total. The second kappa shape index (κ2) is 6.81. The Balaban J connectivity index is 2.08. The van der Waals surface area contributed by atoms with Crippen molar-refractivity contribution in [2.24, 2.45) is 5.84 Å². The first kappa shape index (κ1) is 14.9. The van der Waals surface area contributed by atoms with Crippen LogP contribution in [0.25, 0.3) is 0 Å². The van der Waals surface area contributed by atoms with E-state index in [1.54, 1.807) is 13.0 Å². The van der Waals surface area contributed by atoms with Gasteiger partial charge < -0.3 is 13.9 Å². The Bertz CT molecular complexity index is 622. The van der Waals surface area contributed by atoms with Crippen LogP contribution in [0.3, 0.4) is 0 Å². The summed E-state index contributed by atoms with van der Waals surface area (Å²) in [6, 6.07) is 8.99. The number of rotatable bonds is 6. The molecule has 0 unspecified atom stereocenters. The Morgan fingerprint density at radius 3 is 2.57 bits per heavy atom. The number of carbonyl (C=O) groups excluding carboxylic acids is 1. The van der Waals surface area contributed by atoms with E-state index in [9.17, 15) is 4.79 Å². The molecule has 2 aromatic rings. The van der Waals surface area contributed by atoms with Gasteiger partial charge in [-0.25, -0.2) is 5.84 Å². The average molecular weight is 290 g/mol. The van der Waals surface area contributed by atoms with Crippen LogP contribution < -0.4 is 20.7 Å². The Hall–Kier alpha value is -2.47. The minimum Gasteiger partial charge on any atom is -0.490 e. The van der Waals surface area contributed by atoms with Crippen molar-refractivity contribution in [2.75, 3.05) is 6.61 Å². The lowest BCUT2D eigenvalue weighted by atomic mass is 10.2. The van der Waals surface area contributed by atoms with Crippen LogP contribution in [0.15, 0.2) is 34.7 Å². The first-order valence-corrected chi connectivity index (χ1v) is 6.60. The predicted molar refractivity (Wildman–Crippen MR) is 77.0 cm³/mol. The number of benzene rings is 1. The van der Waals surface area contributed by atoms with Gasteiger partial charge in [-0.05, 0) is 32.0 Å². The number of carbonyl (C=O) groups is 1. The van der Waals surface area contributed by atoms with E-state index in [4.69, 9.17) is 19.7 Å². The number of furan rings is 1. The van der Waals surface area contributed by atoms with E-state index in [0.717, 1.165) is 0 Å². The van der Waals surface area contributed by atoms with Gasteiger partial charge in [-0.1, -0.05) is 12.1 Å². The van der Waals surface area contributed by atoms with Gasteiger partial charge in [0, 0.05) is 0 Å². The van der Waals surface area contributed by atoms with E-state index >= 15 is 0 Å². The fraction of sp³-hybridized carbons (Fsp3) is 0.267. The summed E-state index contributed by atoms with van der Waals surface area (Å²) in [6.07, 6.45) is 0. The highest BCUT2D eigenvalue weighted by Crippen LogP contribution is 2.27. The number of para-hydroxylation sites is 2. The van der Waals surface area contributed by atoms with Crippen LogP contribution in [0.2, 0.25) is 0 Å². The molecule has 0 fully saturated rings. The minimum atomic E-state index is -0.391. The topological polar surface area (TPSA) is 86.7 Å². The molecule has 0 aliphatic rings. The molecule has 21 heavy (non-hydrogen) atoms. The summed E-state index contributed by atoms with van der Waals surface area (Å²) in [5.74, 6) is 7.05. The molecule has 6 nitrogen and oxygen atoms in total. The molecule has 1 heterocycles. The number of ether oxygens (including phenoxy) is 2. The first-order valence-electron chi connectivity index (χ1n) is 6.60. The number of aryl methyl sites for hydroxylation is 1. The van der Waals surface area contributed by atoms with Gasteiger partial charge in [-0.15, -0.1) is 0 Å². The van der Waals surface area contributed by atoms with E-state index in [1.807, 2.05) is 31.2 Å². The molecule has 0 saturated heterocycles. The van der Waals surface area contributed by atoms with Crippen LogP contribution in [0.5, 0.6) is 11.5 Å². The standard InChI is InChI=1S/C15H18N2O4/c1-3-19-13-6-4-5-7-14(13)20-9-11-8-12(10(2)21-11)15(18)17-16/h4-8H,3,9,16H2,1-2H3,(H,17,18). The molecule has 0 spiro atoms. The third-order valence-electron chi connectivity index (χ3n) is 2.86. The van der Waals surface area contributed by atoms with Gasteiger partial charge in [0.2, 0.25) is 0 Å². The molecule has 1 aromatic heterocycles. The highest BCUT2D eigenvalue weighted by molar-refractivity contribution is 5.94. The highest BCUT2D eigenvalue weighted by Gasteiger charge is 2.14. The Morgan fingerprint density at radius 2 is 1.95 bits per heavy atom. The Labute approximate surface area is 122 Å². The van der Waals surface area contributed by atoms with Gasteiger partial charge in [0.1, 0.15) is 18.1 Å². The summed E-state index contributed by atoms with van der Waals surface area (Å²) in [5.41, 5.74) is 2.47. The molecule has 112 valence electrons. The summed E-state index contributed by atoms with van der Waals surface area (Å²) in [5, 5.41) is 0. The van der Waals surface area contributed by atoms with Gasteiger partial charge in [-0.3, -0.25) is 10.2 Å². The van der Waals surface area contributed by atoms with Gasteiger partial charge in [-0.2, -0.15) is 0 Å². The van der Waals surface area contributed by atoms with Crippen LogP contribution in [0.4, 0.5) is 0 Å². The van der Waals surface area contributed by atoms with E-state index in [2.05, 4.69) is 5.43 Å². The quantitative estimate of drug-likeness (QED) is 0.483. The summed E-state index contributed by atoms with van der Waals surface area (Å²) >= 11 is 0. The summed E-state index contributed by atoms with van der Waals surface area (Å²) < 4.78 is 16.6. The predicted octanol–water partition coefficient (Wildman–Crippen LogP) is 2.17. The summed E-state index contributed by atoms with van der Waals surface area (Å²) in [4.78, 5) is 11.5. The zero-order chi connectivity index (χ0) is 15.2. The molecule has 0 aliphatic heterocycles. The average Bonchev–Trinajstić information content (AvgIpc) is 2.87. The molecule has 1 amide bonds. The number of amides is 1. The maximum Gasteiger partial charge on any atom is 0.268 e. The number of hydrazine groups is 1. The molecular formula is C15H18N2O4. The Kier molecular flexibility index (Phi) is 4.84.